The van der Waals surface area contributed by atoms with Gasteiger partial charge in [0, 0.05) is 18.6 Å². The Balaban J connectivity index is 0.000000606. The van der Waals surface area contributed by atoms with E-state index in [-0.39, 0.29) is 11.2 Å². The third-order valence-corrected chi connectivity index (χ3v) is 1.91. The molecule has 5 heteroatoms. The standard InChI is InChI=1S/C9H7FN2O2.C2H6/c1-14-9(13)6-2-4-12-5-3-11-8(12)7(6)10;1-2/h2-5H,1H3;1-2H3. The zero-order valence-electron chi connectivity index (χ0n) is 9.40. The minimum atomic E-state index is -0.701. The van der Waals surface area contributed by atoms with Gasteiger partial charge in [-0.1, -0.05) is 13.8 Å². The molecule has 0 N–H and O–H groups in total. The summed E-state index contributed by atoms with van der Waals surface area (Å²) in [6.45, 7) is 4.00. The first-order valence-electron chi connectivity index (χ1n) is 4.93. The van der Waals surface area contributed by atoms with Crippen LogP contribution in [0.25, 0.3) is 5.65 Å². The average molecular weight is 224 g/mol. The number of carbonyl (C=O) groups excluding carboxylic acids is 1. The number of imidazole rings is 1. The van der Waals surface area contributed by atoms with E-state index in [1.807, 2.05) is 13.8 Å². The van der Waals surface area contributed by atoms with Gasteiger partial charge >= 0.3 is 5.97 Å². The molecule has 2 heterocycles. The van der Waals surface area contributed by atoms with Gasteiger partial charge in [-0.2, -0.15) is 0 Å². The van der Waals surface area contributed by atoms with E-state index < -0.39 is 11.8 Å². The van der Waals surface area contributed by atoms with Crippen LogP contribution in [-0.4, -0.2) is 22.5 Å². The molecule has 0 atom stereocenters. The van der Waals surface area contributed by atoms with E-state index in [0.29, 0.717) is 0 Å². The molecule has 2 aromatic rings. The van der Waals surface area contributed by atoms with E-state index in [1.54, 1.807) is 12.4 Å². The fraction of sp³-hybridized carbons (Fsp3) is 0.273. The Morgan fingerprint density at radius 2 is 2.12 bits per heavy atom. The molecule has 0 aliphatic rings. The molecule has 2 rings (SSSR count). The van der Waals surface area contributed by atoms with Gasteiger partial charge < -0.3 is 9.14 Å². The number of ether oxygens (including phenoxy) is 1. The lowest BCUT2D eigenvalue weighted by atomic mass is 10.2. The molecule has 0 bridgehead atoms. The van der Waals surface area contributed by atoms with E-state index in [1.165, 1.54) is 23.8 Å². The lowest BCUT2D eigenvalue weighted by Gasteiger charge is -2.01. The molecule has 0 aliphatic heterocycles. The Labute approximate surface area is 92.7 Å². The summed E-state index contributed by atoms with van der Waals surface area (Å²) < 4.78 is 19.5. The largest absolute Gasteiger partial charge is 0.465 e. The minimum absolute atomic E-state index is 0.105. The first-order chi connectivity index (χ1) is 7.74. The van der Waals surface area contributed by atoms with Gasteiger partial charge in [0.1, 0.15) is 5.56 Å². The van der Waals surface area contributed by atoms with E-state index in [0.717, 1.165) is 0 Å². The smallest absolute Gasteiger partial charge is 0.341 e. The maximum absolute atomic E-state index is 13.6. The normalized spacial score (nSPS) is 9.50. The number of hydrogen-bond acceptors (Lipinski definition) is 3. The number of hydrogen-bond donors (Lipinski definition) is 0. The van der Waals surface area contributed by atoms with E-state index in [4.69, 9.17) is 0 Å². The second kappa shape index (κ2) is 5.25. The fourth-order valence-corrected chi connectivity index (χ4v) is 1.22. The van der Waals surface area contributed by atoms with Gasteiger partial charge in [0.2, 0.25) is 0 Å². The van der Waals surface area contributed by atoms with Gasteiger partial charge in [0.25, 0.3) is 0 Å². The quantitative estimate of drug-likeness (QED) is 0.698. The highest BCUT2D eigenvalue weighted by atomic mass is 19.1. The molecule has 0 saturated heterocycles. The van der Waals surface area contributed by atoms with Crippen molar-refractivity contribution >= 4 is 11.6 Å². The number of methoxy groups -OCH3 is 1. The van der Waals surface area contributed by atoms with Crippen LogP contribution >= 0.6 is 0 Å². The van der Waals surface area contributed by atoms with Crippen LogP contribution in [0.5, 0.6) is 0 Å². The van der Waals surface area contributed by atoms with Gasteiger partial charge in [-0.05, 0) is 6.07 Å². The first-order valence-corrected chi connectivity index (χ1v) is 4.93. The Morgan fingerprint density at radius 3 is 2.75 bits per heavy atom. The minimum Gasteiger partial charge on any atom is -0.465 e. The van der Waals surface area contributed by atoms with Crippen molar-refractivity contribution in [2.45, 2.75) is 13.8 Å². The summed E-state index contributed by atoms with van der Waals surface area (Å²) in [7, 11) is 1.21. The highest BCUT2D eigenvalue weighted by molar-refractivity contribution is 5.90. The van der Waals surface area contributed by atoms with Crippen LogP contribution in [0.15, 0.2) is 24.7 Å². The van der Waals surface area contributed by atoms with Crippen molar-refractivity contribution in [1.82, 2.24) is 9.38 Å². The van der Waals surface area contributed by atoms with E-state index in [2.05, 4.69) is 9.72 Å². The number of rotatable bonds is 1. The molecule has 16 heavy (non-hydrogen) atoms. The number of pyridine rings is 1. The van der Waals surface area contributed by atoms with Crippen molar-refractivity contribution in [2.75, 3.05) is 7.11 Å². The SMILES string of the molecule is CC.COC(=O)c1ccn2ccnc2c1F. The monoisotopic (exact) mass is 224 g/mol. The molecule has 0 spiro atoms. The molecule has 4 nitrogen and oxygen atoms in total. The molecular weight excluding hydrogens is 211 g/mol. The highest BCUT2D eigenvalue weighted by Crippen LogP contribution is 2.13. The van der Waals surface area contributed by atoms with E-state index >= 15 is 0 Å². The molecule has 0 aliphatic carbocycles. The Kier molecular flexibility index (Phi) is 3.99. The number of esters is 1. The number of halogens is 1. The Morgan fingerprint density at radius 1 is 1.44 bits per heavy atom. The van der Waals surface area contributed by atoms with Crippen LogP contribution in [0.1, 0.15) is 24.2 Å². The summed E-state index contributed by atoms with van der Waals surface area (Å²) in [6, 6.07) is 1.36. The molecular formula is C11H13FN2O2. The van der Waals surface area contributed by atoms with Gasteiger partial charge in [-0.3, -0.25) is 0 Å². The zero-order chi connectivity index (χ0) is 12.1. The van der Waals surface area contributed by atoms with Gasteiger partial charge in [-0.25, -0.2) is 14.2 Å². The van der Waals surface area contributed by atoms with E-state index in [9.17, 15) is 9.18 Å². The molecule has 0 amide bonds. The van der Waals surface area contributed by atoms with Crippen LogP contribution in [0.2, 0.25) is 0 Å². The Hall–Kier alpha value is -1.91. The maximum atomic E-state index is 13.6. The third kappa shape index (κ3) is 2.03. The summed E-state index contributed by atoms with van der Waals surface area (Å²) in [6.07, 6.45) is 4.61. The van der Waals surface area contributed by atoms with Crippen molar-refractivity contribution in [3.63, 3.8) is 0 Å². The summed E-state index contributed by atoms with van der Waals surface area (Å²) in [5, 5.41) is 0. The highest BCUT2D eigenvalue weighted by Gasteiger charge is 2.15. The Bertz CT molecular complexity index is 494. The second-order valence-electron chi connectivity index (χ2n) is 2.69. The van der Waals surface area contributed by atoms with Gasteiger partial charge in [0.15, 0.2) is 11.5 Å². The van der Waals surface area contributed by atoms with Gasteiger partial charge in [-0.15, -0.1) is 0 Å². The average Bonchev–Trinajstić information content (AvgIpc) is 2.80. The molecule has 86 valence electrons. The summed E-state index contributed by atoms with van der Waals surface area (Å²) in [4.78, 5) is 14.9. The van der Waals surface area contributed by atoms with Crippen molar-refractivity contribution in [1.29, 1.82) is 0 Å². The van der Waals surface area contributed by atoms with Crippen molar-refractivity contribution in [2.24, 2.45) is 0 Å². The molecule has 0 aromatic carbocycles. The lowest BCUT2D eigenvalue weighted by Crippen LogP contribution is -2.06. The van der Waals surface area contributed by atoms with Crippen LogP contribution in [-0.2, 0) is 4.74 Å². The second-order valence-corrected chi connectivity index (χ2v) is 2.69. The lowest BCUT2D eigenvalue weighted by molar-refractivity contribution is 0.0595. The summed E-state index contributed by atoms with van der Waals surface area (Å²) in [5.74, 6) is -1.36. The molecule has 0 saturated carbocycles. The summed E-state index contributed by atoms with van der Waals surface area (Å²) in [5.41, 5.74) is 0.0131. The zero-order valence-corrected chi connectivity index (χ0v) is 9.40. The molecule has 0 radical (unpaired) electrons. The fourth-order valence-electron chi connectivity index (χ4n) is 1.22. The molecule has 0 unspecified atom stereocenters. The van der Waals surface area contributed by atoms with Crippen molar-refractivity contribution in [3.05, 3.63) is 36.0 Å². The third-order valence-electron chi connectivity index (χ3n) is 1.91. The summed E-state index contributed by atoms with van der Waals surface area (Å²) >= 11 is 0. The van der Waals surface area contributed by atoms with Crippen LogP contribution in [0, 0.1) is 5.82 Å². The number of aromatic nitrogens is 2. The van der Waals surface area contributed by atoms with Crippen LogP contribution < -0.4 is 0 Å². The maximum Gasteiger partial charge on any atom is 0.341 e. The number of nitrogens with zero attached hydrogens (tertiary/aromatic N) is 2. The van der Waals surface area contributed by atoms with Crippen LogP contribution in [0.4, 0.5) is 4.39 Å². The van der Waals surface area contributed by atoms with Crippen molar-refractivity contribution < 1.29 is 13.9 Å². The number of carbonyl (C=O) groups is 1. The predicted molar refractivity (Wildman–Crippen MR) is 57.8 cm³/mol. The van der Waals surface area contributed by atoms with Crippen molar-refractivity contribution in [3.8, 4) is 0 Å². The predicted octanol–water partition coefficient (Wildman–Crippen LogP) is 2.29. The van der Waals surface area contributed by atoms with Crippen LogP contribution in [0.3, 0.4) is 0 Å². The number of fused-ring (bicyclic) bond motifs is 1. The topological polar surface area (TPSA) is 43.6 Å². The molecule has 2 aromatic heterocycles. The molecule has 0 fully saturated rings. The van der Waals surface area contributed by atoms with Gasteiger partial charge in [0.05, 0.1) is 7.11 Å². The first kappa shape index (κ1) is 12.2.